The molecule has 0 saturated carbocycles. The van der Waals surface area contributed by atoms with Gasteiger partial charge in [0.2, 0.25) is 0 Å². The predicted octanol–water partition coefficient (Wildman–Crippen LogP) is 3.33. The van der Waals surface area contributed by atoms with Crippen LogP contribution in [0.2, 0.25) is 0 Å². The summed E-state index contributed by atoms with van der Waals surface area (Å²) < 4.78 is 17.9. The fourth-order valence-corrected chi connectivity index (χ4v) is 8.48. The number of aromatic nitrogens is 1. The maximum atomic E-state index is 13.9. The zero-order chi connectivity index (χ0) is 27.3. The zero-order valence-corrected chi connectivity index (χ0v) is 23.2. The number of furan rings is 1. The van der Waals surface area contributed by atoms with E-state index < -0.39 is 0 Å². The molecule has 1 N–H and O–H groups in total. The largest absolute Gasteiger partial charge is 0.493 e. The summed E-state index contributed by atoms with van der Waals surface area (Å²) in [5.41, 5.74) is 6.57. The first-order chi connectivity index (χ1) is 19.4. The number of hydrogen-bond donors (Lipinski definition) is 1. The maximum absolute atomic E-state index is 13.9. The molecule has 2 aromatic heterocycles. The Balaban J connectivity index is 1.13. The van der Waals surface area contributed by atoms with Gasteiger partial charge >= 0.3 is 0 Å². The van der Waals surface area contributed by atoms with E-state index in [-0.39, 0.29) is 23.3 Å². The van der Waals surface area contributed by atoms with E-state index in [0.29, 0.717) is 49.6 Å². The highest BCUT2D eigenvalue weighted by Crippen LogP contribution is 2.67. The van der Waals surface area contributed by atoms with Gasteiger partial charge < -0.3 is 33.6 Å². The second kappa shape index (κ2) is 8.39. The van der Waals surface area contributed by atoms with E-state index in [2.05, 4.69) is 29.9 Å². The number of carbonyl (C=O) groups excluding carboxylic acids is 2. The number of methoxy groups -OCH3 is 1. The van der Waals surface area contributed by atoms with Crippen LogP contribution in [0.25, 0.3) is 0 Å². The van der Waals surface area contributed by atoms with Gasteiger partial charge in [0.1, 0.15) is 11.8 Å². The Bertz CT molecular complexity index is 1540. The summed E-state index contributed by atoms with van der Waals surface area (Å²) in [6, 6.07) is 8.11. The quantitative estimate of drug-likeness (QED) is 0.546. The van der Waals surface area contributed by atoms with Crippen LogP contribution in [-0.2, 0) is 18.3 Å². The third-order valence-electron chi connectivity index (χ3n) is 10.5. The number of piperazine rings is 1. The molecule has 40 heavy (non-hydrogen) atoms. The molecule has 2 bridgehead atoms. The number of hydrogen-bond acceptors (Lipinski definition) is 6. The first-order valence-electron chi connectivity index (χ1n) is 14.3. The summed E-state index contributed by atoms with van der Waals surface area (Å²) in [6.45, 7) is 5.03. The molecule has 3 aliphatic heterocycles. The Hall–Kier alpha value is -3.72. The predicted molar refractivity (Wildman–Crippen MR) is 146 cm³/mol. The van der Waals surface area contributed by atoms with Crippen molar-refractivity contribution in [3.8, 4) is 11.5 Å². The fourth-order valence-electron chi connectivity index (χ4n) is 8.48. The number of nitrogens with zero attached hydrogens (tertiary/aromatic N) is 3. The van der Waals surface area contributed by atoms with Crippen LogP contribution in [0.4, 0.5) is 0 Å². The van der Waals surface area contributed by atoms with E-state index >= 15 is 0 Å². The van der Waals surface area contributed by atoms with Crippen LogP contribution >= 0.6 is 0 Å². The first-order valence-corrected chi connectivity index (χ1v) is 14.3. The lowest BCUT2D eigenvalue weighted by Crippen LogP contribution is -2.62. The van der Waals surface area contributed by atoms with Gasteiger partial charge in [0.25, 0.3) is 11.8 Å². The van der Waals surface area contributed by atoms with Gasteiger partial charge in [-0.3, -0.25) is 9.59 Å². The molecule has 2 amide bonds. The highest BCUT2D eigenvalue weighted by molar-refractivity contribution is 5.95. The average Bonchev–Trinajstić information content (AvgIpc) is 3.71. The summed E-state index contributed by atoms with van der Waals surface area (Å²) in [4.78, 5) is 36.4. The van der Waals surface area contributed by atoms with Crippen molar-refractivity contribution in [2.45, 2.75) is 43.7 Å². The smallest absolute Gasteiger partial charge is 0.289 e. The minimum Gasteiger partial charge on any atom is -0.493 e. The van der Waals surface area contributed by atoms with E-state index in [1.807, 2.05) is 11.0 Å². The molecule has 2 fully saturated rings. The molecule has 0 radical (unpaired) electrons. The minimum absolute atomic E-state index is 0.00802. The van der Waals surface area contributed by atoms with Crippen LogP contribution in [-0.4, -0.2) is 84.4 Å². The summed E-state index contributed by atoms with van der Waals surface area (Å²) in [5.74, 6) is 2.30. The summed E-state index contributed by atoms with van der Waals surface area (Å²) in [6.07, 6.45) is 4.31. The van der Waals surface area contributed by atoms with Gasteiger partial charge in [-0.2, -0.15) is 0 Å². The van der Waals surface area contributed by atoms with Crippen LogP contribution < -0.4 is 9.47 Å². The number of rotatable bonds is 3. The average molecular weight is 543 g/mol. The fraction of sp³-hybridized carbons (Fsp3) is 0.484. The highest BCUT2D eigenvalue weighted by Gasteiger charge is 2.65. The molecule has 1 unspecified atom stereocenters. The number of likely N-dealkylation sites (tertiary alicyclic amines) is 1. The van der Waals surface area contributed by atoms with Gasteiger partial charge in [0.15, 0.2) is 17.3 Å². The standard InChI is InChI=1S/C31H34N4O5/c1-17-19-16-20-21-15-18-6-7-22(38-3)27-24(18)31(20,8-9-33(21)2)28(40-27)26(19)32-25(17)30(37)35-12-10-34(11-13-35)29(36)23-5-4-14-39-23/h4-7,14,20-21,28,32H,8-13,15-16H2,1-3H3/t20?,21-,28-,31-/m0/s1. The second-order valence-electron chi connectivity index (χ2n) is 12.1. The number of amides is 2. The molecule has 2 aliphatic carbocycles. The maximum Gasteiger partial charge on any atom is 0.289 e. The zero-order valence-electron chi connectivity index (χ0n) is 23.2. The number of nitrogens with one attached hydrogen (secondary N) is 1. The van der Waals surface area contributed by atoms with Gasteiger partial charge in [-0.1, -0.05) is 6.07 Å². The molecule has 5 aliphatic rings. The summed E-state index contributed by atoms with van der Waals surface area (Å²) >= 11 is 0. The number of ether oxygens (including phenoxy) is 2. The molecular weight excluding hydrogens is 508 g/mol. The minimum atomic E-state index is -0.161. The summed E-state index contributed by atoms with van der Waals surface area (Å²) in [5, 5.41) is 0. The molecule has 9 heteroatoms. The highest BCUT2D eigenvalue weighted by atomic mass is 16.5. The number of carbonyl (C=O) groups is 2. The molecule has 2 saturated heterocycles. The first kappa shape index (κ1) is 24.1. The van der Waals surface area contributed by atoms with Crippen LogP contribution in [0.5, 0.6) is 11.5 Å². The third-order valence-corrected chi connectivity index (χ3v) is 10.5. The third kappa shape index (κ3) is 3.01. The van der Waals surface area contributed by atoms with Gasteiger partial charge in [0.05, 0.1) is 19.1 Å². The van der Waals surface area contributed by atoms with Crippen LogP contribution in [0.15, 0.2) is 34.9 Å². The molecule has 9 nitrogen and oxygen atoms in total. The van der Waals surface area contributed by atoms with Crippen molar-refractivity contribution in [1.82, 2.24) is 19.7 Å². The van der Waals surface area contributed by atoms with Gasteiger partial charge in [0, 0.05) is 43.2 Å². The number of piperidine rings is 1. The molecule has 3 aromatic rings. The molecule has 4 atom stereocenters. The van der Waals surface area contributed by atoms with Gasteiger partial charge in [-0.15, -0.1) is 0 Å². The number of H-pyrrole nitrogens is 1. The van der Waals surface area contributed by atoms with E-state index in [9.17, 15) is 9.59 Å². The topological polar surface area (TPSA) is 91.2 Å². The van der Waals surface area contributed by atoms with Gasteiger partial charge in [-0.25, -0.2) is 0 Å². The lowest BCUT2D eigenvalue weighted by atomic mass is 9.51. The van der Waals surface area contributed by atoms with E-state index in [1.165, 1.54) is 23.0 Å². The number of benzene rings is 1. The van der Waals surface area contributed by atoms with E-state index in [4.69, 9.17) is 13.9 Å². The molecular formula is C31H34N4O5. The normalized spacial score (nSPS) is 28.1. The lowest BCUT2D eigenvalue weighted by molar-refractivity contribution is -0.0256. The van der Waals surface area contributed by atoms with Crippen molar-refractivity contribution in [2.24, 2.45) is 5.92 Å². The molecule has 208 valence electrons. The van der Waals surface area contributed by atoms with Crippen LogP contribution in [0.1, 0.15) is 61.5 Å². The SMILES string of the molecule is COc1ccc2c3c1O[C@H]1c4[nH]c(C(=O)N5CCN(C(=O)c6ccco6)CC5)c(C)c4CC4[C@H](C2)N(C)CC[C@@]341. The molecule has 1 aromatic carbocycles. The van der Waals surface area contributed by atoms with E-state index in [1.54, 1.807) is 24.1 Å². The van der Waals surface area contributed by atoms with Gasteiger partial charge in [-0.05, 0) is 80.6 Å². The number of aromatic amines is 1. The van der Waals surface area contributed by atoms with E-state index in [0.717, 1.165) is 48.6 Å². The second-order valence-corrected chi connectivity index (χ2v) is 12.1. The Morgan fingerprint density at radius 1 is 1.05 bits per heavy atom. The van der Waals surface area contributed by atoms with Crippen molar-refractivity contribution >= 4 is 11.8 Å². The molecule has 5 heterocycles. The van der Waals surface area contributed by atoms with Crippen molar-refractivity contribution in [2.75, 3.05) is 46.9 Å². The Morgan fingerprint density at radius 3 is 2.55 bits per heavy atom. The van der Waals surface area contributed by atoms with Crippen molar-refractivity contribution in [3.63, 3.8) is 0 Å². The summed E-state index contributed by atoms with van der Waals surface area (Å²) in [7, 11) is 3.96. The van der Waals surface area contributed by atoms with Crippen LogP contribution in [0.3, 0.4) is 0 Å². The monoisotopic (exact) mass is 542 g/mol. The Morgan fingerprint density at radius 2 is 1.82 bits per heavy atom. The van der Waals surface area contributed by atoms with Crippen LogP contribution in [0, 0.1) is 12.8 Å². The Labute approximate surface area is 233 Å². The molecule has 8 rings (SSSR count). The van der Waals surface area contributed by atoms with Crippen molar-refractivity contribution < 1.29 is 23.5 Å². The van der Waals surface area contributed by atoms with Crippen molar-refractivity contribution in [3.05, 3.63) is 69.9 Å². The lowest BCUT2D eigenvalue weighted by Gasteiger charge is -2.57. The van der Waals surface area contributed by atoms with Crippen molar-refractivity contribution in [1.29, 1.82) is 0 Å². The Kier molecular flexibility index (Phi) is 5.06. The number of likely N-dealkylation sites (N-methyl/N-ethyl adjacent to an activating group) is 1. The molecule has 1 spiro atoms. The number of fused-ring (bicyclic) bond motifs is 2.